The average Bonchev–Trinajstić information content (AvgIpc) is 2.80. The molecule has 0 aliphatic heterocycles. The van der Waals surface area contributed by atoms with Crippen LogP contribution in [0.25, 0.3) is 0 Å². The molecule has 0 fully saturated rings. The first-order valence-corrected chi connectivity index (χ1v) is 5.70. The lowest BCUT2D eigenvalue weighted by molar-refractivity contribution is 0.748. The Balaban J connectivity index is 2.18. The summed E-state index contributed by atoms with van der Waals surface area (Å²) in [5.74, 6) is 0. The quantitative estimate of drug-likeness (QED) is 0.855. The van der Waals surface area contributed by atoms with E-state index in [-0.39, 0.29) is 0 Å². The van der Waals surface area contributed by atoms with Crippen molar-refractivity contribution in [2.45, 2.75) is 26.9 Å². The standard InChI is InChI=1S/C10H14N4S/c1-7-8(2)14(6-12-7)4-9-5-15-10(3-11)13-9/h5-6H,3-4,11H2,1-2H3. The summed E-state index contributed by atoms with van der Waals surface area (Å²) in [6.45, 7) is 5.38. The zero-order chi connectivity index (χ0) is 10.8. The maximum atomic E-state index is 5.52. The van der Waals surface area contributed by atoms with Crippen LogP contribution in [-0.2, 0) is 13.1 Å². The first-order chi connectivity index (χ1) is 7.20. The van der Waals surface area contributed by atoms with E-state index < -0.39 is 0 Å². The minimum absolute atomic E-state index is 0.520. The molecular formula is C10H14N4S. The van der Waals surface area contributed by atoms with Crippen LogP contribution in [0.2, 0.25) is 0 Å². The number of nitrogens with zero attached hydrogens (tertiary/aromatic N) is 3. The molecule has 2 rings (SSSR count). The monoisotopic (exact) mass is 222 g/mol. The molecule has 15 heavy (non-hydrogen) atoms. The van der Waals surface area contributed by atoms with Crippen LogP contribution in [0.3, 0.4) is 0 Å². The van der Waals surface area contributed by atoms with E-state index in [1.165, 1.54) is 5.69 Å². The maximum absolute atomic E-state index is 5.52. The molecular weight excluding hydrogens is 208 g/mol. The van der Waals surface area contributed by atoms with Crippen molar-refractivity contribution in [2.24, 2.45) is 5.73 Å². The smallest absolute Gasteiger partial charge is 0.107 e. The SMILES string of the molecule is Cc1ncn(Cc2csc(CN)n2)c1C. The van der Waals surface area contributed by atoms with Crippen molar-refractivity contribution in [2.75, 3.05) is 0 Å². The van der Waals surface area contributed by atoms with Gasteiger partial charge in [0, 0.05) is 17.6 Å². The Hall–Kier alpha value is -1.20. The van der Waals surface area contributed by atoms with Gasteiger partial charge in [0.1, 0.15) is 5.01 Å². The zero-order valence-electron chi connectivity index (χ0n) is 8.90. The van der Waals surface area contributed by atoms with Crippen molar-refractivity contribution in [3.05, 3.63) is 33.8 Å². The van der Waals surface area contributed by atoms with Gasteiger partial charge >= 0.3 is 0 Å². The normalized spacial score (nSPS) is 10.9. The van der Waals surface area contributed by atoms with Crippen LogP contribution < -0.4 is 5.73 Å². The fourth-order valence-electron chi connectivity index (χ4n) is 1.39. The third-order valence-electron chi connectivity index (χ3n) is 2.45. The van der Waals surface area contributed by atoms with E-state index in [9.17, 15) is 0 Å². The third-order valence-corrected chi connectivity index (χ3v) is 3.37. The van der Waals surface area contributed by atoms with Crippen molar-refractivity contribution in [3.63, 3.8) is 0 Å². The van der Waals surface area contributed by atoms with Gasteiger partial charge in [0.2, 0.25) is 0 Å². The second-order valence-corrected chi connectivity index (χ2v) is 4.42. The molecule has 0 spiro atoms. The molecule has 2 heterocycles. The molecule has 0 aliphatic rings. The van der Waals surface area contributed by atoms with Gasteiger partial charge in [-0.1, -0.05) is 0 Å². The molecule has 2 aromatic rings. The van der Waals surface area contributed by atoms with E-state index in [0.717, 1.165) is 22.9 Å². The van der Waals surface area contributed by atoms with Gasteiger partial charge < -0.3 is 10.3 Å². The van der Waals surface area contributed by atoms with Gasteiger partial charge in [0.15, 0.2) is 0 Å². The van der Waals surface area contributed by atoms with Crippen LogP contribution >= 0.6 is 11.3 Å². The van der Waals surface area contributed by atoms with Crippen molar-refractivity contribution < 1.29 is 0 Å². The summed E-state index contributed by atoms with van der Waals surface area (Å²) in [5.41, 5.74) is 8.84. The van der Waals surface area contributed by atoms with Gasteiger partial charge in [-0.05, 0) is 13.8 Å². The highest BCUT2D eigenvalue weighted by molar-refractivity contribution is 7.09. The minimum Gasteiger partial charge on any atom is -0.329 e. The van der Waals surface area contributed by atoms with Crippen LogP contribution in [0.15, 0.2) is 11.7 Å². The van der Waals surface area contributed by atoms with Crippen LogP contribution in [0.1, 0.15) is 22.1 Å². The summed E-state index contributed by atoms with van der Waals surface area (Å²) in [4.78, 5) is 8.67. The summed E-state index contributed by atoms with van der Waals surface area (Å²) in [7, 11) is 0. The van der Waals surface area contributed by atoms with Gasteiger partial charge in [-0.25, -0.2) is 9.97 Å². The van der Waals surface area contributed by atoms with E-state index in [2.05, 4.69) is 26.8 Å². The molecule has 0 bridgehead atoms. The van der Waals surface area contributed by atoms with Crippen molar-refractivity contribution in [3.8, 4) is 0 Å². The summed E-state index contributed by atoms with van der Waals surface area (Å²) in [6.07, 6.45) is 1.85. The summed E-state index contributed by atoms with van der Waals surface area (Å²) >= 11 is 1.61. The fourth-order valence-corrected chi connectivity index (χ4v) is 2.06. The Bertz CT molecular complexity index is 458. The Morgan fingerprint density at radius 2 is 2.27 bits per heavy atom. The van der Waals surface area contributed by atoms with E-state index in [4.69, 9.17) is 5.73 Å². The molecule has 0 aromatic carbocycles. The predicted octanol–water partition coefficient (Wildman–Crippen LogP) is 1.46. The zero-order valence-corrected chi connectivity index (χ0v) is 9.71. The lowest BCUT2D eigenvalue weighted by Gasteiger charge is -2.01. The number of hydrogen-bond donors (Lipinski definition) is 1. The molecule has 0 saturated heterocycles. The van der Waals surface area contributed by atoms with E-state index >= 15 is 0 Å². The van der Waals surface area contributed by atoms with E-state index in [1.54, 1.807) is 11.3 Å². The topological polar surface area (TPSA) is 56.7 Å². The number of nitrogens with two attached hydrogens (primary N) is 1. The molecule has 0 unspecified atom stereocenters. The lowest BCUT2D eigenvalue weighted by atomic mass is 10.3. The average molecular weight is 222 g/mol. The Labute approximate surface area is 92.8 Å². The van der Waals surface area contributed by atoms with Crippen LogP contribution in [-0.4, -0.2) is 14.5 Å². The highest BCUT2D eigenvalue weighted by Crippen LogP contribution is 2.12. The van der Waals surface area contributed by atoms with Gasteiger partial charge in [0.05, 0.1) is 24.3 Å². The highest BCUT2D eigenvalue weighted by Gasteiger charge is 2.05. The molecule has 0 amide bonds. The molecule has 0 aliphatic carbocycles. The van der Waals surface area contributed by atoms with Crippen LogP contribution in [0.5, 0.6) is 0 Å². The second kappa shape index (κ2) is 4.12. The summed E-state index contributed by atoms with van der Waals surface area (Å²) < 4.78 is 2.10. The van der Waals surface area contributed by atoms with Gasteiger partial charge in [-0.2, -0.15) is 0 Å². The molecule has 80 valence electrons. The number of imidazole rings is 1. The highest BCUT2D eigenvalue weighted by atomic mass is 32.1. The molecule has 5 heteroatoms. The Morgan fingerprint density at radius 3 is 2.80 bits per heavy atom. The lowest BCUT2D eigenvalue weighted by Crippen LogP contribution is -2.02. The number of aryl methyl sites for hydroxylation is 1. The van der Waals surface area contributed by atoms with Crippen molar-refractivity contribution in [1.29, 1.82) is 0 Å². The first kappa shape index (κ1) is 10.3. The molecule has 4 nitrogen and oxygen atoms in total. The molecule has 0 atom stereocenters. The van der Waals surface area contributed by atoms with Gasteiger partial charge in [-0.15, -0.1) is 11.3 Å². The van der Waals surface area contributed by atoms with E-state index in [1.807, 2.05) is 13.3 Å². The maximum Gasteiger partial charge on any atom is 0.107 e. The van der Waals surface area contributed by atoms with Gasteiger partial charge in [0.25, 0.3) is 0 Å². The molecule has 0 saturated carbocycles. The minimum atomic E-state index is 0.520. The predicted molar refractivity (Wildman–Crippen MR) is 60.8 cm³/mol. The third kappa shape index (κ3) is 2.08. The number of hydrogen-bond acceptors (Lipinski definition) is 4. The molecule has 0 radical (unpaired) electrons. The summed E-state index contributed by atoms with van der Waals surface area (Å²) in [5, 5.41) is 3.04. The van der Waals surface area contributed by atoms with Crippen molar-refractivity contribution >= 4 is 11.3 Å². The first-order valence-electron chi connectivity index (χ1n) is 4.82. The van der Waals surface area contributed by atoms with E-state index in [0.29, 0.717) is 6.54 Å². The fraction of sp³-hybridized carbons (Fsp3) is 0.400. The largest absolute Gasteiger partial charge is 0.329 e. The Kier molecular flexibility index (Phi) is 2.83. The van der Waals surface area contributed by atoms with Gasteiger partial charge in [-0.3, -0.25) is 0 Å². The Morgan fingerprint density at radius 1 is 1.47 bits per heavy atom. The van der Waals surface area contributed by atoms with Crippen LogP contribution in [0.4, 0.5) is 0 Å². The second-order valence-electron chi connectivity index (χ2n) is 3.48. The number of thiazole rings is 1. The number of rotatable bonds is 3. The van der Waals surface area contributed by atoms with Crippen molar-refractivity contribution in [1.82, 2.24) is 14.5 Å². The molecule has 2 N–H and O–H groups in total. The van der Waals surface area contributed by atoms with Crippen LogP contribution in [0, 0.1) is 13.8 Å². The molecule has 2 aromatic heterocycles. The number of aromatic nitrogens is 3. The summed E-state index contributed by atoms with van der Waals surface area (Å²) in [6, 6.07) is 0.